The van der Waals surface area contributed by atoms with Gasteiger partial charge in [-0.15, -0.1) is 0 Å². The quantitative estimate of drug-likeness (QED) is 0.911. The van der Waals surface area contributed by atoms with Crippen LogP contribution in [-0.2, 0) is 22.6 Å². The van der Waals surface area contributed by atoms with E-state index >= 15 is 0 Å². The predicted octanol–water partition coefficient (Wildman–Crippen LogP) is 2.46. The standard InChI is InChI=1S/C20H22N2O3/c1-3-22-18(23)12-15-8-4-5-10-17(15)19(22)20(24)21-13-14-7-6-9-16(11-14)25-2/h4-11,19H,3,12-13H2,1-2H3,(H,21,24)/t19-/m1/s1. The van der Waals surface area contributed by atoms with Gasteiger partial charge in [-0.2, -0.15) is 0 Å². The molecule has 0 saturated carbocycles. The van der Waals surface area contributed by atoms with Crippen molar-refractivity contribution in [2.75, 3.05) is 13.7 Å². The summed E-state index contributed by atoms with van der Waals surface area (Å²) in [6.45, 7) is 2.79. The maximum Gasteiger partial charge on any atom is 0.247 e. The average molecular weight is 338 g/mol. The molecule has 130 valence electrons. The second kappa shape index (κ2) is 7.38. The van der Waals surface area contributed by atoms with Crippen LogP contribution < -0.4 is 10.1 Å². The molecule has 0 spiro atoms. The molecule has 3 rings (SSSR count). The first-order valence-electron chi connectivity index (χ1n) is 8.42. The maximum atomic E-state index is 12.9. The van der Waals surface area contributed by atoms with E-state index in [0.29, 0.717) is 19.5 Å². The Morgan fingerprint density at radius 1 is 1.24 bits per heavy atom. The van der Waals surface area contributed by atoms with Crippen LogP contribution in [0.4, 0.5) is 0 Å². The van der Waals surface area contributed by atoms with Crippen molar-refractivity contribution in [3.8, 4) is 5.75 Å². The van der Waals surface area contributed by atoms with Gasteiger partial charge in [0.2, 0.25) is 11.8 Å². The van der Waals surface area contributed by atoms with E-state index in [1.165, 1.54) is 0 Å². The third kappa shape index (κ3) is 3.50. The highest BCUT2D eigenvalue weighted by molar-refractivity contribution is 5.92. The lowest BCUT2D eigenvalue weighted by Gasteiger charge is -2.35. The highest BCUT2D eigenvalue weighted by Crippen LogP contribution is 2.30. The van der Waals surface area contributed by atoms with Gasteiger partial charge in [-0.25, -0.2) is 0 Å². The molecule has 5 heteroatoms. The molecule has 1 N–H and O–H groups in total. The zero-order valence-electron chi connectivity index (χ0n) is 14.5. The van der Waals surface area contributed by atoms with Crippen LogP contribution in [0.25, 0.3) is 0 Å². The highest BCUT2D eigenvalue weighted by atomic mass is 16.5. The van der Waals surface area contributed by atoms with Crippen molar-refractivity contribution in [2.45, 2.75) is 25.9 Å². The van der Waals surface area contributed by atoms with Crippen LogP contribution in [0, 0.1) is 0 Å². The Balaban J connectivity index is 1.80. The number of hydrogen-bond acceptors (Lipinski definition) is 3. The van der Waals surface area contributed by atoms with Gasteiger partial charge in [0.25, 0.3) is 0 Å². The molecular formula is C20H22N2O3. The fraction of sp³-hybridized carbons (Fsp3) is 0.300. The second-order valence-corrected chi connectivity index (χ2v) is 6.03. The summed E-state index contributed by atoms with van der Waals surface area (Å²) in [5.74, 6) is 0.577. The maximum absolute atomic E-state index is 12.9. The molecule has 0 radical (unpaired) electrons. The molecule has 25 heavy (non-hydrogen) atoms. The SMILES string of the molecule is CCN1C(=O)Cc2ccccc2[C@@H]1C(=O)NCc1cccc(OC)c1. The summed E-state index contributed by atoms with van der Waals surface area (Å²) in [6.07, 6.45) is 0.351. The largest absolute Gasteiger partial charge is 0.497 e. The molecule has 5 nitrogen and oxygen atoms in total. The number of methoxy groups -OCH3 is 1. The van der Waals surface area contributed by atoms with Crippen molar-refractivity contribution in [1.82, 2.24) is 10.2 Å². The van der Waals surface area contributed by atoms with Gasteiger partial charge in [-0.05, 0) is 35.7 Å². The normalized spacial score (nSPS) is 16.3. The molecule has 2 aromatic rings. The van der Waals surface area contributed by atoms with E-state index in [1.54, 1.807) is 12.0 Å². The van der Waals surface area contributed by atoms with Crippen LogP contribution in [0.15, 0.2) is 48.5 Å². The summed E-state index contributed by atoms with van der Waals surface area (Å²) in [7, 11) is 1.61. The third-order valence-corrected chi connectivity index (χ3v) is 4.51. The molecule has 1 aliphatic rings. The van der Waals surface area contributed by atoms with Crippen molar-refractivity contribution in [2.24, 2.45) is 0 Å². The monoisotopic (exact) mass is 338 g/mol. The fourth-order valence-corrected chi connectivity index (χ4v) is 3.25. The van der Waals surface area contributed by atoms with Crippen molar-refractivity contribution < 1.29 is 14.3 Å². The minimum absolute atomic E-state index is 0.0114. The number of carbonyl (C=O) groups is 2. The fourth-order valence-electron chi connectivity index (χ4n) is 3.25. The van der Waals surface area contributed by atoms with Gasteiger partial charge in [0.1, 0.15) is 11.8 Å². The Kier molecular flexibility index (Phi) is 5.03. The minimum atomic E-state index is -0.576. The number of fused-ring (bicyclic) bond motifs is 1. The summed E-state index contributed by atoms with van der Waals surface area (Å²) in [5.41, 5.74) is 2.79. The Hall–Kier alpha value is -2.82. The van der Waals surface area contributed by atoms with Crippen LogP contribution in [0.1, 0.15) is 29.7 Å². The minimum Gasteiger partial charge on any atom is -0.497 e. The number of likely N-dealkylation sites (N-methyl/N-ethyl adjacent to an activating group) is 1. The highest BCUT2D eigenvalue weighted by Gasteiger charge is 2.35. The van der Waals surface area contributed by atoms with Gasteiger partial charge in [-0.3, -0.25) is 9.59 Å². The van der Waals surface area contributed by atoms with E-state index in [-0.39, 0.29) is 11.8 Å². The van der Waals surface area contributed by atoms with E-state index in [9.17, 15) is 9.59 Å². The summed E-state index contributed by atoms with van der Waals surface area (Å²) in [5, 5.41) is 2.96. The number of hydrogen-bond donors (Lipinski definition) is 1. The molecule has 2 amide bonds. The van der Waals surface area contributed by atoms with Gasteiger partial charge >= 0.3 is 0 Å². The summed E-state index contributed by atoms with van der Waals surface area (Å²) in [4.78, 5) is 26.9. The van der Waals surface area contributed by atoms with Crippen molar-refractivity contribution in [1.29, 1.82) is 0 Å². The second-order valence-electron chi connectivity index (χ2n) is 6.03. The van der Waals surface area contributed by atoms with Gasteiger partial charge in [-0.1, -0.05) is 36.4 Å². The lowest BCUT2D eigenvalue weighted by molar-refractivity contribution is -0.141. The Morgan fingerprint density at radius 2 is 2.04 bits per heavy atom. The van der Waals surface area contributed by atoms with Gasteiger partial charge in [0, 0.05) is 13.1 Å². The van der Waals surface area contributed by atoms with E-state index in [1.807, 2.05) is 55.5 Å². The molecule has 0 bridgehead atoms. The predicted molar refractivity (Wildman–Crippen MR) is 95.1 cm³/mol. The Labute approximate surface area is 147 Å². The number of ether oxygens (including phenoxy) is 1. The summed E-state index contributed by atoms with van der Waals surface area (Å²) >= 11 is 0. The third-order valence-electron chi connectivity index (χ3n) is 4.51. The topological polar surface area (TPSA) is 58.6 Å². The first-order chi connectivity index (χ1) is 12.1. The average Bonchev–Trinajstić information content (AvgIpc) is 2.65. The molecule has 1 aliphatic heterocycles. The van der Waals surface area contributed by atoms with E-state index in [2.05, 4.69) is 5.32 Å². The zero-order chi connectivity index (χ0) is 17.8. The number of benzene rings is 2. The number of amides is 2. The van der Waals surface area contributed by atoms with E-state index in [4.69, 9.17) is 4.74 Å². The molecular weight excluding hydrogens is 316 g/mol. The van der Waals surface area contributed by atoms with Crippen LogP contribution in [0.5, 0.6) is 5.75 Å². The molecule has 1 atom stereocenters. The lowest BCUT2D eigenvalue weighted by atomic mass is 9.91. The lowest BCUT2D eigenvalue weighted by Crippen LogP contribution is -2.47. The Bertz CT molecular complexity index is 788. The van der Waals surface area contributed by atoms with Gasteiger partial charge < -0.3 is 15.0 Å². The molecule has 0 aromatic heterocycles. The van der Waals surface area contributed by atoms with E-state index in [0.717, 1.165) is 22.4 Å². The van der Waals surface area contributed by atoms with E-state index < -0.39 is 6.04 Å². The molecule has 0 aliphatic carbocycles. The number of carbonyl (C=O) groups excluding carboxylic acids is 2. The van der Waals surface area contributed by atoms with Gasteiger partial charge in [0.15, 0.2) is 0 Å². The molecule has 0 fully saturated rings. The van der Waals surface area contributed by atoms with Gasteiger partial charge in [0.05, 0.1) is 13.5 Å². The number of nitrogens with one attached hydrogen (secondary N) is 1. The number of nitrogens with zero attached hydrogens (tertiary/aromatic N) is 1. The summed E-state index contributed by atoms with van der Waals surface area (Å²) < 4.78 is 5.21. The molecule has 0 saturated heterocycles. The van der Waals surface area contributed by atoms with Crippen molar-refractivity contribution in [3.63, 3.8) is 0 Å². The molecule has 1 heterocycles. The van der Waals surface area contributed by atoms with Crippen LogP contribution in [-0.4, -0.2) is 30.4 Å². The Morgan fingerprint density at radius 3 is 2.80 bits per heavy atom. The molecule has 0 unspecified atom stereocenters. The van der Waals surface area contributed by atoms with Crippen molar-refractivity contribution >= 4 is 11.8 Å². The van der Waals surface area contributed by atoms with Crippen LogP contribution >= 0.6 is 0 Å². The molecule has 2 aromatic carbocycles. The van der Waals surface area contributed by atoms with Crippen LogP contribution in [0.2, 0.25) is 0 Å². The first-order valence-corrected chi connectivity index (χ1v) is 8.42. The number of rotatable bonds is 5. The van der Waals surface area contributed by atoms with Crippen LogP contribution in [0.3, 0.4) is 0 Å². The zero-order valence-corrected chi connectivity index (χ0v) is 14.5. The smallest absolute Gasteiger partial charge is 0.247 e. The summed E-state index contributed by atoms with van der Waals surface area (Å²) in [6, 6.07) is 14.6. The van der Waals surface area contributed by atoms with Crippen molar-refractivity contribution in [3.05, 3.63) is 65.2 Å². The first kappa shape index (κ1) is 17.0.